The quantitative estimate of drug-likeness (QED) is 0.856. The summed E-state index contributed by atoms with van der Waals surface area (Å²) in [5.74, 6) is 1.01. The highest BCUT2D eigenvalue weighted by Gasteiger charge is 2.55. The van der Waals surface area contributed by atoms with Crippen molar-refractivity contribution >= 4 is 11.9 Å². The van der Waals surface area contributed by atoms with E-state index >= 15 is 0 Å². The van der Waals surface area contributed by atoms with Crippen molar-refractivity contribution in [3.63, 3.8) is 0 Å². The number of aromatic nitrogens is 2. The molecule has 1 aromatic carbocycles. The zero-order valence-corrected chi connectivity index (χ0v) is 16.6. The Hall–Kier alpha value is -2.37. The van der Waals surface area contributed by atoms with Crippen LogP contribution < -0.4 is 5.32 Å². The maximum atomic E-state index is 12.7. The number of anilines is 1. The first-order valence-corrected chi connectivity index (χ1v) is 10.4. The molecule has 5 rings (SSSR count). The van der Waals surface area contributed by atoms with Gasteiger partial charge in [0.2, 0.25) is 11.8 Å². The molecule has 1 aromatic heterocycles. The molecule has 2 unspecified atom stereocenters. The van der Waals surface area contributed by atoms with Gasteiger partial charge in [-0.3, -0.25) is 4.79 Å². The van der Waals surface area contributed by atoms with Gasteiger partial charge in [0.25, 0.3) is 0 Å². The summed E-state index contributed by atoms with van der Waals surface area (Å²) < 4.78 is 5.87. The Balaban J connectivity index is 1.19. The lowest BCUT2D eigenvalue weighted by Gasteiger charge is -2.33. The largest absolute Gasteiger partial charge is 0.408 e. The second-order valence-corrected chi connectivity index (χ2v) is 9.18. The third-order valence-corrected chi connectivity index (χ3v) is 7.21. The van der Waals surface area contributed by atoms with Crippen molar-refractivity contribution in [2.75, 3.05) is 18.4 Å². The number of nitrogens with zero attached hydrogens (tertiary/aromatic N) is 3. The van der Waals surface area contributed by atoms with Crippen molar-refractivity contribution in [2.45, 2.75) is 63.3 Å². The van der Waals surface area contributed by atoms with E-state index in [0.717, 1.165) is 32.4 Å². The van der Waals surface area contributed by atoms with Crippen LogP contribution in [-0.4, -0.2) is 40.1 Å². The van der Waals surface area contributed by atoms with Crippen LogP contribution >= 0.6 is 0 Å². The predicted octanol–water partition coefficient (Wildman–Crippen LogP) is 3.72. The van der Waals surface area contributed by atoms with Crippen LogP contribution in [0.25, 0.3) is 0 Å². The van der Waals surface area contributed by atoms with Gasteiger partial charge in [-0.15, -0.1) is 5.10 Å². The average molecular weight is 380 g/mol. The molecule has 2 aromatic rings. The highest BCUT2D eigenvalue weighted by molar-refractivity contribution is 5.83. The highest BCUT2D eigenvalue weighted by Crippen LogP contribution is 2.59. The Morgan fingerprint density at radius 1 is 1.18 bits per heavy atom. The maximum absolute atomic E-state index is 12.7. The Kier molecular flexibility index (Phi) is 4.00. The van der Waals surface area contributed by atoms with Gasteiger partial charge in [-0.2, -0.15) is 0 Å². The first-order chi connectivity index (χ1) is 13.5. The minimum Gasteiger partial charge on any atom is -0.408 e. The van der Waals surface area contributed by atoms with Gasteiger partial charge in [-0.1, -0.05) is 42.4 Å². The molecule has 6 nitrogen and oxygen atoms in total. The molecule has 148 valence electrons. The monoisotopic (exact) mass is 380 g/mol. The number of piperidine rings is 1. The van der Waals surface area contributed by atoms with Crippen LogP contribution in [0.2, 0.25) is 0 Å². The molecule has 0 bridgehead atoms. The standard InChI is InChI=1S/C22H28N4O2/c1-15(19(27)26-12-10-22(8-9-22)11-13-26)23-20-25-24-18(28-20)17-14-21(17,2)16-6-4-3-5-7-16/h3-7,15,17H,8-14H2,1-2H3,(H,23,25)/t15-,17?,21?/m1/s1. The summed E-state index contributed by atoms with van der Waals surface area (Å²) in [6, 6.07) is 10.5. The molecule has 1 spiro atoms. The highest BCUT2D eigenvalue weighted by atomic mass is 16.4. The van der Waals surface area contributed by atoms with E-state index in [4.69, 9.17) is 4.42 Å². The zero-order chi connectivity index (χ0) is 19.4. The van der Waals surface area contributed by atoms with Gasteiger partial charge in [0, 0.05) is 24.4 Å². The molecule has 2 saturated carbocycles. The van der Waals surface area contributed by atoms with Gasteiger partial charge in [0.15, 0.2) is 0 Å². The van der Waals surface area contributed by atoms with Crippen molar-refractivity contribution in [2.24, 2.45) is 5.41 Å². The van der Waals surface area contributed by atoms with E-state index in [9.17, 15) is 4.79 Å². The Labute approximate surface area is 165 Å². The molecule has 2 heterocycles. The molecular formula is C22H28N4O2. The molecule has 3 atom stereocenters. The topological polar surface area (TPSA) is 71.3 Å². The zero-order valence-electron chi connectivity index (χ0n) is 16.6. The van der Waals surface area contributed by atoms with E-state index in [1.165, 1.54) is 18.4 Å². The number of hydrogen-bond donors (Lipinski definition) is 1. The Morgan fingerprint density at radius 2 is 1.89 bits per heavy atom. The molecule has 6 heteroatoms. The van der Waals surface area contributed by atoms with Crippen molar-refractivity contribution in [3.05, 3.63) is 41.8 Å². The van der Waals surface area contributed by atoms with E-state index in [1.807, 2.05) is 17.9 Å². The third-order valence-electron chi connectivity index (χ3n) is 7.21. The Morgan fingerprint density at radius 3 is 2.57 bits per heavy atom. The molecule has 0 radical (unpaired) electrons. The van der Waals surface area contributed by atoms with Crippen LogP contribution in [0.3, 0.4) is 0 Å². The van der Waals surface area contributed by atoms with E-state index in [2.05, 4.69) is 46.7 Å². The lowest BCUT2D eigenvalue weighted by molar-refractivity contribution is -0.133. The lowest BCUT2D eigenvalue weighted by atomic mass is 9.93. The van der Waals surface area contributed by atoms with E-state index in [0.29, 0.717) is 17.3 Å². The van der Waals surface area contributed by atoms with E-state index in [1.54, 1.807) is 0 Å². The van der Waals surface area contributed by atoms with Crippen LogP contribution in [0.15, 0.2) is 34.7 Å². The van der Waals surface area contributed by atoms with Gasteiger partial charge >= 0.3 is 6.01 Å². The molecular weight excluding hydrogens is 352 g/mol. The van der Waals surface area contributed by atoms with Gasteiger partial charge in [-0.05, 0) is 50.0 Å². The average Bonchev–Trinajstić information content (AvgIpc) is 3.58. The summed E-state index contributed by atoms with van der Waals surface area (Å²) in [5.41, 5.74) is 1.93. The molecule has 3 fully saturated rings. The first-order valence-electron chi connectivity index (χ1n) is 10.4. The van der Waals surface area contributed by atoms with Gasteiger partial charge in [0.1, 0.15) is 6.04 Å². The summed E-state index contributed by atoms with van der Waals surface area (Å²) in [4.78, 5) is 14.7. The minimum atomic E-state index is -0.360. The van der Waals surface area contributed by atoms with Crippen LogP contribution in [0, 0.1) is 5.41 Å². The molecule has 1 amide bonds. The van der Waals surface area contributed by atoms with Crippen LogP contribution in [0.4, 0.5) is 6.01 Å². The van der Waals surface area contributed by atoms with Gasteiger partial charge in [-0.25, -0.2) is 0 Å². The first kappa shape index (κ1) is 17.7. The van der Waals surface area contributed by atoms with Crippen molar-refractivity contribution in [1.29, 1.82) is 0 Å². The fourth-order valence-electron chi connectivity index (χ4n) is 4.70. The van der Waals surface area contributed by atoms with E-state index < -0.39 is 0 Å². The van der Waals surface area contributed by atoms with Crippen molar-refractivity contribution < 1.29 is 9.21 Å². The normalized spacial score (nSPS) is 28.8. The smallest absolute Gasteiger partial charge is 0.316 e. The molecule has 1 aliphatic heterocycles. The summed E-state index contributed by atoms with van der Waals surface area (Å²) >= 11 is 0. The fourth-order valence-corrected chi connectivity index (χ4v) is 4.70. The summed E-state index contributed by atoms with van der Waals surface area (Å²) in [5, 5.41) is 11.5. The number of amides is 1. The third kappa shape index (κ3) is 3.09. The fraction of sp³-hybridized carbons (Fsp3) is 0.591. The predicted molar refractivity (Wildman–Crippen MR) is 106 cm³/mol. The van der Waals surface area contributed by atoms with E-state index in [-0.39, 0.29) is 23.3 Å². The minimum absolute atomic E-state index is 0.0546. The Bertz CT molecular complexity index is 866. The van der Waals surface area contributed by atoms with Gasteiger partial charge in [0.05, 0.1) is 0 Å². The van der Waals surface area contributed by atoms with Crippen LogP contribution in [0.1, 0.15) is 63.3 Å². The second kappa shape index (κ2) is 6.33. The number of carbonyl (C=O) groups is 1. The number of benzene rings is 1. The second-order valence-electron chi connectivity index (χ2n) is 9.18. The number of hydrogen-bond acceptors (Lipinski definition) is 5. The summed E-state index contributed by atoms with van der Waals surface area (Å²) in [6.07, 6.45) is 5.99. The molecule has 1 saturated heterocycles. The lowest BCUT2D eigenvalue weighted by Crippen LogP contribution is -2.45. The van der Waals surface area contributed by atoms with Crippen molar-refractivity contribution in [1.82, 2.24) is 15.1 Å². The number of carbonyl (C=O) groups excluding carboxylic acids is 1. The molecule has 3 aliphatic rings. The van der Waals surface area contributed by atoms with Crippen LogP contribution in [0.5, 0.6) is 0 Å². The summed E-state index contributed by atoms with van der Waals surface area (Å²) in [7, 11) is 0. The number of likely N-dealkylation sites (tertiary alicyclic amines) is 1. The molecule has 28 heavy (non-hydrogen) atoms. The molecule has 2 aliphatic carbocycles. The van der Waals surface area contributed by atoms with Gasteiger partial charge < -0.3 is 14.6 Å². The van der Waals surface area contributed by atoms with Crippen LogP contribution in [-0.2, 0) is 10.2 Å². The van der Waals surface area contributed by atoms with Crippen molar-refractivity contribution in [3.8, 4) is 0 Å². The number of rotatable bonds is 5. The number of nitrogens with one attached hydrogen (secondary N) is 1. The molecule has 1 N–H and O–H groups in total. The summed E-state index contributed by atoms with van der Waals surface area (Å²) in [6.45, 7) is 5.85. The SMILES string of the molecule is C[C@@H](Nc1nnc(C2CC2(C)c2ccccc2)o1)C(=O)N1CCC2(CC1)CC2. The maximum Gasteiger partial charge on any atom is 0.316 e.